The second-order valence-corrected chi connectivity index (χ2v) is 6.54. The van der Waals surface area contributed by atoms with Crippen molar-refractivity contribution in [2.75, 3.05) is 12.3 Å². The van der Waals surface area contributed by atoms with Gasteiger partial charge in [0.15, 0.2) is 5.13 Å². The Balaban J connectivity index is 0.00000120. The number of hydrogen-bond donors (Lipinski definition) is 1. The van der Waals surface area contributed by atoms with Crippen molar-refractivity contribution >= 4 is 28.9 Å². The minimum atomic E-state index is 0. The predicted octanol–water partition coefficient (Wildman–Crippen LogP) is 3.30. The largest absolute Gasteiger partial charge is 0.375 e. The van der Waals surface area contributed by atoms with Crippen molar-refractivity contribution < 1.29 is 0 Å². The molecule has 1 saturated heterocycles. The van der Waals surface area contributed by atoms with Gasteiger partial charge in [-0.15, -0.1) is 23.7 Å². The summed E-state index contributed by atoms with van der Waals surface area (Å²) in [6.07, 6.45) is 10.5. The van der Waals surface area contributed by atoms with Crippen LogP contribution in [0, 0.1) is 5.92 Å². The average Bonchev–Trinajstić information content (AvgIpc) is 3.00. The first-order valence-electron chi connectivity index (χ1n) is 6.77. The van der Waals surface area contributed by atoms with Crippen LogP contribution in [-0.2, 0) is 6.54 Å². The first-order chi connectivity index (χ1) is 8.33. The summed E-state index contributed by atoms with van der Waals surface area (Å²) in [4.78, 5) is 8.15. The van der Waals surface area contributed by atoms with Crippen molar-refractivity contribution in [3.8, 4) is 0 Å². The molecule has 2 N–H and O–H groups in total. The molecule has 1 atom stereocenters. The van der Waals surface area contributed by atoms with E-state index in [0.29, 0.717) is 5.13 Å². The van der Waals surface area contributed by atoms with Crippen molar-refractivity contribution in [1.29, 1.82) is 0 Å². The molecule has 5 heteroatoms. The Morgan fingerprint density at radius 1 is 1.28 bits per heavy atom. The normalized spacial score (nSPS) is 25.4. The molecule has 18 heavy (non-hydrogen) atoms. The van der Waals surface area contributed by atoms with Crippen molar-refractivity contribution in [3.63, 3.8) is 0 Å². The van der Waals surface area contributed by atoms with Crippen molar-refractivity contribution in [1.82, 2.24) is 9.88 Å². The number of nitrogen functional groups attached to an aromatic ring is 1. The van der Waals surface area contributed by atoms with Crippen molar-refractivity contribution in [3.05, 3.63) is 11.1 Å². The van der Waals surface area contributed by atoms with Crippen LogP contribution in [0.25, 0.3) is 0 Å². The molecular formula is C13H22ClN3S. The third-order valence-corrected chi connectivity index (χ3v) is 5.10. The molecule has 1 unspecified atom stereocenters. The van der Waals surface area contributed by atoms with Gasteiger partial charge in [0.2, 0.25) is 0 Å². The van der Waals surface area contributed by atoms with E-state index >= 15 is 0 Å². The van der Waals surface area contributed by atoms with E-state index in [4.69, 9.17) is 5.73 Å². The topological polar surface area (TPSA) is 42.1 Å². The lowest BCUT2D eigenvalue weighted by molar-refractivity contribution is 0.184. The van der Waals surface area contributed by atoms with Gasteiger partial charge >= 0.3 is 0 Å². The van der Waals surface area contributed by atoms with Crippen LogP contribution >= 0.6 is 23.7 Å². The Bertz CT molecular complexity index is 376. The van der Waals surface area contributed by atoms with Gasteiger partial charge < -0.3 is 5.73 Å². The monoisotopic (exact) mass is 287 g/mol. The molecule has 2 fully saturated rings. The van der Waals surface area contributed by atoms with E-state index in [9.17, 15) is 0 Å². The van der Waals surface area contributed by atoms with E-state index in [-0.39, 0.29) is 12.4 Å². The molecule has 2 heterocycles. The van der Waals surface area contributed by atoms with Crippen molar-refractivity contribution in [2.24, 2.45) is 5.92 Å². The Kier molecular flexibility index (Phi) is 4.87. The average molecular weight is 288 g/mol. The molecular weight excluding hydrogens is 266 g/mol. The standard InChI is InChI=1S/C13H21N3S.ClH/c14-13-15-8-11(17-13)9-16-7-3-6-12(16)10-4-1-2-5-10;/h8,10,12H,1-7,9H2,(H2,14,15);1H. The molecule has 1 aromatic rings. The fourth-order valence-corrected chi connectivity index (χ4v) is 4.23. The number of aromatic nitrogens is 1. The zero-order valence-electron chi connectivity index (χ0n) is 10.7. The molecule has 0 amide bonds. The van der Waals surface area contributed by atoms with E-state index < -0.39 is 0 Å². The molecule has 1 aliphatic heterocycles. The van der Waals surface area contributed by atoms with E-state index in [1.807, 2.05) is 6.20 Å². The zero-order chi connectivity index (χ0) is 11.7. The minimum Gasteiger partial charge on any atom is -0.375 e. The van der Waals surface area contributed by atoms with Gasteiger partial charge in [0.25, 0.3) is 0 Å². The van der Waals surface area contributed by atoms with Crippen LogP contribution in [0.2, 0.25) is 0 Å². The van der Waals surface area contributed by atoms with Gasteiger partial charge in [0, 0.05) is 23.7 Å². The van der Waals surface area contributed by atoms with Gasteiger partial charge in [0.1, 0.15) is 0 Å². The van der Waals surface area contributed by atoms with Gasteiger partial charge in [-0.1, -0.05) is 12.8 Å². The Hall–Kier alpha value is -0.320. The van der Waals surface area contributed by atoms with Gasteiger partial charge in [-0.25, -0.2) is 4.98 Å². The fraction of sp³-hybridized carbons (Fsp3) is 0.769. The number of halogens is 1. The lowest BCUT2D eigenvalue weighted by Gasteiger charge is -2.28. The fourth-order valence-electron chi connectivity index (χ4n) is 3.52. The van der Waals surface area contributed by atoms with Crippen LogP contribution in [-0.4, -0.2) is 22.5 Å². The molecule has 102 valence electrons. The summed E-state index contributed by atoms with van der Waals surface area (Å²) in [5.41, 5.74) is 5.70. The third-order valence-electron chi connectivity index (χ3n) is 4.29. The summed E-state index contributed by atoms with van der Waals surface area (Å²) in [7, 11) is 0. The number of likely N-dealkylation sites (tertiary alicyclic amines) is 1. The second-order valence-electron chi connectivity index (χ2n) is 5.39. The van der Waals surface area contributed by atoms with Crippen LogP contribution in [0.3, 0.4) is 0 Å². The highest BCUT2D eigenvalue weighted by Crippen LogP contribution is 2.36. The molecule has 0 radical (unpaired) electrons. The van der Waals surface area contributed by atoms with Crippen LogP contribution in [0.5, 0.6) is 0 Å². The van der Waals surface area contributed by atoms with Gasteiger partial charge in [-0.3, -0.25) is 4.90 Å². The van der Waals surface area contributed by atoms with Crippen LogP contribution < -0.4 is 5.73 Å². The van der Waals surface area contributed by atoms with Crippen LogP contribution in [0.4, 0.5) is 5.13 Å². The minimum absolute atomic E-state index is 0. The molecule has 1 aliphatic carbocycles. The van der Waals surface area contributed by atoms with E-state index in [1.165, 1.54) is 49.9 Å². The highest BCUT2D eigenvalue weighted by Gasteiger charge is 2.33. The van der Waals surface area contributed by atoms with Crippen LogP contribution in [0.15, 0.2) is 6.20 Å². The number of nitrogens with two attached hydrogens (primary N) is 1. The second kappa shape index (κ2) is 6.22. The highest BCUT2D eigenvalue weighted by atomic mass is 35.5. The first-order valence-corrected chi connectivity index (χ1v) is 7.59. The number of hydrogen-bond acceptors (Lipinski definition) is 4. The maximum Gasteiger partial charge on any atom is 0.180 e. The number of anilines is 1. The molecule has 3 nitrogen and oxygen atoms in total. The maximum atomic E-state index is 5.70. The van der Waals surface area contributed by atoms with Crippen molar-refractivity contribution in [2.45, 2.75) is 51.1 Å². The molecule has 2 aliphatic rings. The molecule has 3 rings (SSSR count). The third kappa shape index (κ3) is 2.98. The Morgan fingerprint density at radius 3 is 2.72 bits per heavy atom. The molecule has 0 bridgehead atoms. The highest BCUT2D eigenvalue weighted by molar-refractivity contribution is 7.15. The SMILES string of the molecule is Cl.Nc1ncc(CN2CCCC2C2CCCC2)s1. The summed E-state index contributed by atoms with van der Waals surface area (Å²) in [6, 6.07) is 0.834. The van der Waals surface area contributed by atoms with Crippen LogP contribution in [0.1, 0.15) is 43.4 Å². The quantitative estimate of drug-likeness (QED) is 0.927. The van der Waals surface area contributed by atoms with E-state index in [1.54, 1.807) is 11.3 Å². The lowest BCUT2D eigenvalue weighted by Crippen LogP contribution is -2.33. The smallest absolute Gasteiger partial charge is 0.180 e. The van der Waals surface area contributed by atoms with E-state index in [0.717, 1.165) is 18.5 Å². The molecule has 1 aromatic heterocycles. The summed E-state index contributed by atoms with van der Waals surface area (Å²) in [5.74, 6) is 0.961. The van der Waals surface area contributed by atoms with E-state index in [2.05, 4.69) is 9.88 Å². The zero-order valence-corrected chi connectivity index (χ0v) is 12.3. The number of nitrogens with zero attached hydrogens (tertiary/aromatic N) is 2. The van der Waals surface area contributed by atoms with Gasteiger partial charge in [-0.05, 0) is 38.1 Å². The summed E-state index contributed by atoms with van der Waals surface area (Å²) < 4.78 is 0. The number of thiazole rings is 1. The van der Waals surface area contributed by atoms with Gasteiger partial charge in [0.05, 0.1) is 0 Å². The summed E-state index contributed by atoms with van der Waals surface area (Å²) >= 11 is 1.64. The molecule has 0 spiro atoms. The molecule has 1 saturated carbocycles. The predicted molar refractivity (Wildman–Crippen MR) is 79.2 cm³/mol. The summed E-state index contributed by atoms with van der Waals surface area (Å²) in [6.45, 7) is 2.33. The summed E-state index contributed by atoms with van der Waals surface area (Å²) in [5, 5.41) is 0.705. The number of rotatable bonds is 3. The lowest BCUT2D eigenvalue weighted by atomic mass is 9.96. The Morgan fingerprint density at radius 2 is 2.06 bits per heavy atom. The Labute approximate surface area is 119 Å². The van der Waals surface area contributed by atoms with Gasteiger partial charge in [-0.2, -0.15) is 0 Å². The maximum absolute atomic E-state index is 5.70. The first kappa shape index (κ1) is 14.1. The molecule has 0 aromatic carbocycles.